The highest BCUT2D eigenvalue weighted by Gasteiger charge is 2.21. The molecule has 7 heteroatoms. The second-order valence-electron chi connectivity index (χ2n) is 4.81. The van der Waals surface area contributed by atoms with Gasteiger partial charge >= 0.3 is 0 Å². The standard InChI is InChI=1S/C11H18BrN3O2S/c1-11(2,15-18(3,16)17)8-13-7-9-5-4-6-10(12)14-9/h4-6,13,15H,7-8H2,1-3H3. The van der Waals surface area contributed by atoms with Crippen molar-refractivity contribution in [3.63, 3.8) is 0 Å². The third-order valence-corrected chi connectivity index (χ3v) is 3.47. The summed E-state index contributed by atoms with van der Waals surface area (Å²) in [7, 11) is -3.20. The molecule has 0 unspecified atom stereocenters. The van der Waals surface area contributed by atoms with Gasteiger partial charge in [-0.1, -0.05) is 6.07 Å². The van der Waals surface area contributed by atoms with E-state index in [-0.39, 0.29) is 0 Å². The molecule has 0 aliphatic carbocycles. The summed E-state index contributed by atoms with van der Waals surface area (Å²) in [5.41, 5.74) is 0.374. The average molecular weight is 336 g/mol. The van der Waals surface area contributed by atoms with Gasteiger partial charge in [-0.25, -0.2) is 18.1 Å². The zero-order valence-corrected chi connectivity index (χ0v) is 13.1. The van der Waals surface area contributed by atoms with Crippen LogP contribution >= 0.6 is 15.9 Å². The van der Waals surface area contributed by atoms with Crippen LogP contribution in [0.3, 0.4) is 0 Å². The first-order valence-corrected chi connectivity index (χ1v) is 8.17. The molecule has 0 atom stereocenters. The van der Waals surface area contributed by atoms with Crippen LogP contribution < -0.4 is 10.0 Å². The van der Waals surface area contributed by atoms with Crippen molar-refractivity contribution in [2.24, 2.45) is 0 Å². The quantitative estimate of drug-likeness (QED) is 0.768. The van der Waals surface area contributed by atoms with Crippen molar-refractivity contribution in [2.45, 2.75) is 25.9 Å². The van der Waals surface area contributed by atoms with Gasteiger partial charge in [0.05, 0.1) is 11.9 Å². The molecule has 0 saturated heterocycles. The molecule has 0 aliphatic rings. The molecule has 0 bridgehead atoms. The monoisotopic (exact) mass is 335 g/mol. The molecule has 1 aromatic rings. The van der Waals surface area contributed by atoms with Crippen molar-refractivity contribution in [2.75, 3.05) is 12.8 Å². The SMILES string of the molecule is CC(C)(CNCc1cccc(Br)n1)NS(C)(=O)=O. The van der Waals surface area contributed by atoms with Crippen LogP contribution in [-0.2, 0) is 16.6 Å². The predicted octanol–water partition coefficient (Wildman–Crippen LogP) is 1.26. The lowest BCUT2D eigenvalue weighted by atomic mass is 10.1. The first kappa shape index (κ1) is 15.6. The number of hydrogen-bond acceptors (Lipinski definition) is 4. The fourth-order valence-corrected chi connectivity index (χ4v) is 3.05. The number of nitrogens with zero attached hydrogens (tertiary/aromatic N) is 1. The third-order valence-electron chi connectivity index (χ3n) is 2.11. The minimum atomic E-state index is -3.20. The number of pyridine rings is 1. The normalized spacial score (nSPS) is 12.7. The summed E-state index contributed by atoms with van der Waals surface area (Å²) in [6.07, 6.45) is 1.16. The minimum absolute atomic E-state index is 0.522. The van der Waals surface area contributed by atoms with Crippen LogP contribution in [0.1, 0.15) is 19.5 Å². The van der Waals surface area contributed by atoms with Gasteiger partial charge in [-0.05, 0) is 41.9 Å². The lowest BCUT2D eigenvalue weighted by Crippen LogP contribution is -2.49. The van der Waals surface area contributed by atoms with Crippen molar-refractivity contribution in [3.05, 3.63) is 28.5 Å². The molecule has 2 N–H and O–H groups in total. The molecular weight excluding hydrogens is 318 g/mol. The Kier molecular flexibility index (Phi) is 5.27. The van der Waals surface area contributed by atoms with Crippen LogP contribution in [0.5, 0.6) is 0 Å². The van der Waals surface area contributed by atoms with Crippen LogP contribution in [-0.4, -0.2) is 31.7 Å². The Balaban J connectivity index is 2.46. The molecule has 1 heterocycles. The fraction of sp³-hybridized carbons (Fsp3) is 0.545. The van der Waals surface area contributed by atoms with Crippen molar-refractivity contribution >= 4 is 26.0 Å². The molecule has 5 nitrogen and oxygen atoms in total. The molecule has 1 rings (SSSR count). The maximum Gasteiger partial charge on any atom is 0.209 e. The Bertz CT molecular complexity index is 503. The van der Waals surface area contributed by atoms with E-state index in [2.05, 4.69) is 31.0 Å². The van der Waals surface area contributed by atoms with Crippen LogP contribution in [0.25, 0.3) is 0 Å². The van der Waals surface area contributed by atoms with E-state index in [1.165, 1.54) is 0 Å². The molecule has 0 aliphatic heterocycles. The van der Waals surface area contributed by atoms with Crippen molar-refractivity contribution < 1.29 is 8.42 Å². The first-order valence-electron chi connectivity index (χ1n) is 5.49. The fourth-order valence-electron chi connectivity index (χ4n) is 1.59. The van der Waals surface area contributed by atoms with Crippen molar-refractivity contribution in [3.8, 4) is 0 Å². The van der Waals surface area contributed by atoms with Gasteiger partial charge in [0.15, 0.2) is 0 Å². The Labute approximate surface area is 117 Å². The number of hydrogen-bond donors (Lipinski definition) is 2. The van der Waals surface area contributed by atoms with E-state index in [9.17, 15) is 8.42 Å². The maximum atomic E-state index is 11.2. The molecule has 0 radical (unpaired) electrons. The molecule has 0 amide bonds. The Morgan fingerprint density at radius 1 is 1.39 bits per heavy atom. The zero-order chi connectivity index (χ0) is 13.8. The van der Waals surface area contributed by atoms with E-state index >= 15 is 0 Å². The Morgan fingerprint density at radius 3 is 2.61 bits per heavy atom. The van der Waals surface area contributed by atoms with Gasteiger partial charge in [-0.15, -0.1) is 0 Å². The number of rotatable bonds is 6. The van der Waals surface area contributed by atoms with Crippen LogP contribution in [0, 0.1) is 0 Å². The summed E-state index contributed by atoms with van der Waals surface area (Å²) in [6.45, 7) is 4.77. The van der Waals surface area contributed by atoms with E-state index in [1.807, 2.05) is 32.0 Å². The average Bonchev–Trinajstić information content (AvgIpc) is 2.13. The predicted molar refractivity (Wildman–Crippen MR) is 75.7 cm³/mol. The van der Waals surface area contributed by atoms with Crippen LogP contribution in [0.15, 0.2) is 22.8 Å². The lowest BCUT2D eigenvalue weighted by Gasteiger charge is -2.25. The minimum Gasteiger partial charge on any atom is -0.309 e. The topological polar surface area (TPSA) is 71.1 Å². The molecular formula is C11H18BrN3O2S. The molecule has 0 saturated carbocycles. The van der Waals surface area contributed by atoms with Crippen LogP contribution in [0.2, 0.25) is 0 Å². The summed E-state index contributed by atoms with van der Waals surface area (Å²) in [5.74, 6) is 0. The highest BCUT2D eigenvalue weighted by molar-refractivity contribution is 9.10. The van der Waals surface area contributed by atoms with Gasteiger partial charge in [-0.2, -0.15) is 0 Å². The van der Waals surface area contributed by atoms with Crippen molar-refractivity contribution in [1.29, 1.82) is 0 Å². The Morgan fingerprint density at radius 2 is 2.06 bits per heavy atom. The number of nitrogens with one attached hydrogen (secondary N) is 2. The largest absolute Gasteiger partial charge is 0.309 e. The number of halogens is 1. The second-order valence-corrected chi connectivity index (χ2v) is 7.37. The number of sulfonamides is 1. The smallest absolute Gasteiger partial charge is 0.209 e. The summed E-state index contributed by atoms with van der Waals surface area (Å²) >= 11 is 3.30. The van der Waals surface area contributed by atoms with Gasteiger partial charge in [0.2, 0.25) is 10.0 Å². The molecule has 0 fully saturated rings. The highest BCUT2D eigenvalue weighted by Crippen LogP contribution is 2.07. The lowest BCUT2D eigenvalue weighted by molar-refractivity contribution is 0.420. The number of aromatic nitrogens is 1. The second kappa shape index (κ2) is 6.10. The van der Waals surface area contributed by atoms with Gasteiger partial charge in [0.1, 0.15) is 4.60 Å². The molecule has 0 aromatic carbocycles. The van der Waals surface area contributed by atoms with Crippen molar-refractivity contribution in [1.82, 2.24) is 15.0 Å². The Hall–Kier alpha value is -0.500. The molecule has 1 aromatic heterocycles. The molecule has 18 heavy (non-hydrogen) atoms. The summed E-state index contributed by atoms with van der Waals surface area (Å²) in [4.78, 5) is 4.28. The van der Waals surface area contributed by atoms with E-state index in [0.29, 0.717) is 13.1 Å². The summed E-state index contributed by atoms with van der Waals surface area (Å²) in [6, 6.07) is 5.68. The van der Waals surface area contributed by atoms with Gasteiger partial charge in [-0.3, -0.25) is 0 Å². The van der Waals surface area contributed by atoms with E-state index in [4.69, 9.17) is 0 Å². The van der Waals surface area contributed by atoms with E-state index < -0.39 is 15.6 Å². The highest BCUT2D eigenvalue weighted by atomic mass is 79.9. The van der Waals surface area contributed by atoms with Gasteiger partial charge in [0.25, 0.3) is 0 Å². The van der Waals surface area contributed by atoms with Gasteiger partial charge in [0, 0.05) is 18.6 Å². The molecule has 0 spiro atoms. The summed E-state index contributed by atoms with van der Waals surface area (Å²) < 4.78 is 25.7. The van der Waals surface area contributed by atoms with E-state index in [1.54, 1.807) is 0 Å². The van der Waals surface area contributed by atoms with E-state index in [0.717, 1.165) is 16.6 Å². The third kappa shape index (κ3) is 6.44. The molecule has 102 valence electrons. The zero-order valence-electron chi connectivity index (χ0n) is 10.7. The first-order chi connectivity index (χ1) is 8.18. The van der Waals surface area contributed by atoms with Gasteiger partial charge < -0.3 is 5.32 Å². The maximum absolute atomic E-state index is 11.2. The van der Waals surface area contributed by atoms with Crippen LogP contribution in [0.4, 0.5) is 0 Å². The summed E-state index contributed by atoms with van der Waals surface area (Å²) in [5, 5.41) is 3.18.